The van der Waals surface area contributed by atoms with E-state index in [9.17, 15) is 21.6 Å². The fraction of sp³-hybridized carbons (Fsp3) is 0.667. The van der Waals surface area contributed by atoms with E-state index in [0.717, 1.165) is 13.0 Å². The number of hydrogen-bond donors (Lipinski definition) is 3. The van der Waals surface area contributed by atoms with Gasteiger partial charge in [-0.2, -0.15) is 17.9 Å². The molecule has 120 valence electrons. The number of sulfonamides is 1. The summed E-state index contributed by atoms with van der Waals surface area (Å²) in [6.07, 6.45) is -2.86. The largest absolute Gasteiger partial charge is 0.407 e. The van der Waals surface area contributed by atoms with Crippen LogP contribution in [0.1, 0.15) is 31.9 Å². The zero-order chi connectivity index (χ0) is 15.7. The molecule has 3 N–H and O–H groups in total. The minimum absolute atomic E-state index is 0.175. The van der Waals surface area contributed by atoms with Gasteiger partial charge < -0.3 is 10.3 Å². The van der Waals surface area contributed by atoms with Gasteiger partial charge in [-0.1, -0.05) is 6.92 Å². The monoisotopic (exact) mass is 325 g/mol. The van der Waals surface area contributed by atoms with Crippen LogP contribution in [0.2, 0.25) is 0 Å². The number of alkyl halides is 3. The third-order valence-corrected chi connectivity index (χ3v) is 4.91. The van der Waals surface area contributed by atoms with Crippen molar-refractivity contribution in [2.45, 2.75) is 49.3 Å². The highest BCUT2D eigenvalue weighted by atomic mass is 32.2. The summed E-state index contributed by atoms with van der Waals surface area (Å²) in [6.45, 7) is 3.21. The van der Waals surface area contributed by atoms with Crippen LogP contribution in [0.15, 0.2) is 17.2 Å². The minimum Gasteiger partial charge on any atom is -0.363 e. The molecule has 1 fully saturated rings. The maximum Gasteiger partial charge on any atom is 0.407 e. The normalized spacial score (nSPS) is 17.9. The van der Waals surface area contributed by atoms with Crippen molar-refractivity contribution in [1.82, 2.24) is 15.0 Å². The number of nitrogens with one attached hydrogen (secondary N) is 3. The van der Waals surface area contributed by atoms with Crippen LogP contribution in [-0.4, -0.2) is 31.7 Å². The van der Waals surface area contributed by atoms with E-state index in [1.807, 2.05) is 6.92 Å². The molecule has 0 bridgehead atoms. The summed E-state index contributed by atoms with van der Waals surface area (Å²) in [5, 5.41) is 3.07. The quantitative estimate of drug-likeness (QED) is 0.670. The number of halogens is 3. The molecule has 0 saturated heterocycles. The topological polar surface area (TPSA) is 74.0 Å². The van der Waals surface area contributed by atoms with Gasteiger partial charge in [-0.05, 0) is 31.9 Å². The Morgan fingerprint density at radius 2 is 2.05 bits per heavy atom. The Morgan fingerprint density at radius 1 is 1.38 bits per heavy atom. The second kappa shape index (κ2) is 5.62. The average Bonchev–Trinajstić information content (AvgIpc) is 2.99. The molecule has 1 aliphatic carbocycles. The highest BCUT2D eigenvalue weighted by molar-refractivity contribution is 7.89. The van der Waals surface area contributed by atoms with Crippen LogP contribution >= 0.6 is 0 Å². The lowest BCUT2D eigenvalue weighted by Gasteiger charge is -2.20. The molecule has 1 saturated carbocycles. The standard InChI is InChI=1S/C12H18F3N3O2S/c1-2-5-16-7-9-6-10(8-17-9)21(19,20)18-11(3-4-11)12(13,14)15/h6,8,16-18H,2-5,7H2,1H3. The third kappa shape index (κ3) is 3.58. The molecule has 0 aromatic carbocycles. The van der Waals surface area contributed by atoms with Crippen molar-refractivity contribution in [3.8, 4) is 0 Å². The molecule has 1 aromatic rings. The highest BCUT2D eigenvalue weighted by Crippen LogP contribution is 2.49. The van der Waals surface area contributed by atoms with Crippen molar-refractivity contribution in [2.75, 3.05) is 6.54 Å². The van der Waals surface area contributed by atoms with E-state index in [-0.39, 0.29) is 17.7 Å². The van der Waals surface area contributed by atoms with E-state index < -0.39 is 21.7 Å². The zero-order valence-electron chi connectivity index (χ0n) is 11.5. The number of aromatic nitrogens is 1. The van der Waals surface area contributed by atoms with Crippen LogP contribution in [0.4, 0.5) is 13.2 Å². The molecule has 1 aromatic heterocycles. The molecule has 9 heteroatoms. The second-order valence-corrected chi connectivity index (χ2v) is 6.91. The van der Waals surface area contributed by atoms with Crippen molar-refractivity contribution in [3.05, 3.63) is 18.0 Å². The Morgan fingerprint density at radius 3 is 2.57 bits per heavy atom. The lowest BCUT2D eigenvalue weighted by molar-refractivity contribution is -0.160. The van der Waals surface area contributed by atoms with Gasteiger partial charge in [-0.15, -0.1) is 0 Å². The molecule has 2 rings (SSSR count). The van der Waals surface area contributed by atoms with E-state index >= 15 is 0 Å². The van der Waals surface area contributed by atoms with Crippen LogP contribution in [0.3, 0.4) is 0 Å². The smallest absolute Gasteiger partial charge is 0.363 e. The molecule has 21 heavy (non-hydrogen) atoms. The lowest BCUT2D eigenvalue weighted by Crippen LogP contribution is -2.47. The van der Waals surface area contributed by atoms with E-state index in [1.165, 1.54) is 12.3 Å². The first-order valence-electron chi connectivity index (χ1n) is 6.69. The Bertz CT molecular complexity index is 591. The molecular formula is C12H18F3N3O2S. The van der Waals surface area contributed by atoms with Crippen LogP contribution in [0, 0.1) is 0 Å². The van der Waals surface area contributed by atoms with Gasteiger partial charge in [0.1, 0.15) is 5.54 Å². The number of H-pyrrole nitrogens is 1. The highest BCUT2D eigenvalue weighted by Gasteiger charge is 2.65. The molecule has 5 nitrogen and oxygen atoms in total. The van der Waals surface area contributed by atoms with Crippen LogP contribution in [-0.2, 0) is 16.6 Å². The molecule has 0 spiro atoms. The Hall–Kier alpha value is -1.06. The summed E-state index contributed by atoms with van der Waals surface area (Å²) in [5.41, 5.74) is -1.68. The third-order valence-electron chi connectivity index (χ3n) is 3.39. The van der Waals surface area contributed by atoms with E-state index in [4.69, 9.17) is 0 Å². The van der Waals surface area contributed by atoms with Gasteiger partial charge in [0.05, 0.1) is 4.90 Å². The molecular weight excluding hydrogens is 307 g/mol. The predicted molar refractivity (Wildman–Crippen MR) is 71.1 cm³/mol. The molecule has 0 unspecified atom stereocenters. The van der Waals surface area contributed by atoms with Gasteiger partial charge in [0, 0.05) is 18.4 Å². The van der Waals surface area contributed by atoms with Gasteiger partial charge >= 0.3 is 6.18 Å². The summed E-state index contributed by atoms with van der Waals surface area (Å²) < 4.78 is 64.3. The molecule has 0 aliphatic heterocycles. The maximum absolute atomic E-state index is 12.8. The van der Waals surface area contributed by atoms with Crippen molar-refractivity contribution in [1.29, 1.82) is 0 Å². The Labute approximate surface area is 121 Å². The second-order valence-electron chi connectivity index (χ2n) is 5.22. The first kappa shape index (κ1) is 16.3. The molecule has 1 heterocycles. The van der Waals surface area contributed by atoms with Gasteiger partial charge in [0.2, 0.25) is 10.0 Å². The Kier molecular flexibility index (Phi) is 4.36. The summed E-state index contributed by atoms with van der Waals surface area (Å²) >= 11 is 0. The van der Waals surface area contributed by atoms with E-state index in [1.54, 1.807) is 4.72 Å². The summed E-state index contributed by atoms with van der Waals surface area (Å²) in [4.78, 5) is 2.58. The molecule has 0 atom stereocenters. The van der Waals surface area contributed by atoms with Crippen molar-refractivity contribution in [3.63, 3.8) is 0 Å². The zero-order valence-corrected chi connectivity index (χ0v) is 12.4. The minimum atomic E-state index is -4.57. The fourth-order valence-corrected chi connectivity index (χ4v) is 3.42. The predicted octanol–water partition coefficient (Wildman–Crippen LogP) is 1.89. The van der Waals surface area contributed by atoms with Gasteiger partial charge in [0.25, 0.3) is 0 Å². The molecule has 0 radical (unpaired) electrons. The van der Waals surface area contributed by atoms with Gasteiger partial charge in [0.15, 0.2) is 0 Å². The van der Waals surface area contributed by atoms with Gasteiger partial charge in [-0.3, -0.25) is 0 Å². The van der Waals surface area contributed by atoms with E-state index in [2.05, 4.69) is 10.3 Å². The number of hydrogen-bond acceptors (Lipinski definition) is 3. The Balaban J connectivity index is 2.07. The first-order valence-corrected chi connectivity index (χ1v) is 8.17. The first-order chi connectivity index (χ1) is 9.70. The SMILES string of the molecule is CCCNCc1cc(S(=O)(=O)NC2(C(F)(F)F)CC2)c[nH]1. The summed E-state index contributed by atoms with van der Waals surface area (Å²) in [7, 11) is -4.18. The molecule has 0 amide bonds. The van der Waals surface area contributed by atoms with E-state index in [0.29, 0.717) is 12.2 Å². The van der Waals surface area contributed by atoms with Gasteiger partial charge in [-0.25, -0.2) is 8.42 Å². The number of aromatic amines is 1. The van der Waals surface area contributed by atoms with Crippen LogP contribution < -0.4 is 10.0 Å². The average molecular weight is 325 g/mol. The lowest BCUT2D eigenvalue weighted by atomic mass is 10.3. The summed E-state index contributed by atoms with van der Waals surface area (Å²) in [6, 6.07) is 1.34. The van der Waals surface area contributed by atoms with Crippen molar-refractivity contribution in [2.24, 2.45) is 0 Å². The van der Waals surface area contributed by atoms with Crippen molar-refractivity contribution >= 4 is 10.0 Å². The van der Waals surface area contributed by atoms with Crippen LogP contribution in [0.25, 0.3) is 0 Å². The van der Waals surface area contributed by atoms with Crippen LogP contribution in [0.5, 0.6) is 0 Å². The fourth-order valence-electron chi connectivity index (χ4n) is 1.96. The molecule has 1 aliphatic rings. The maximum atomic E-state index is 12.8. The summed E-state index contributed by atoms with van der Waals surface area (Å²) in [5.74, 6) is 0. The number of rotatable bonds is 7. The van der Waals surface area contributed by atoms with Crippen molar-refractivity contribution < 1.29 is 21.6 Å².